The van der Waals surface area contributed by atoms with E-state index in [1.165, 1.54) is 12.1 Å². The van der Waals surface area contributed by atoms with Crippen LogP contribution in [0.5, 0.6) is 0 Å². The molecule has 2 heterocycles. The lowest BCUT2D eigenvalue weighted by molar-refractivity contribution is 0.0549. The first-order valence-electron chi connectivity index (χ1n) is 7.45. The standard InChI is InChI=1S/C15H23N3O/c1-11-15(17-8-7-16-11)12-5-9-18(10-6-12)13-3-2-4-14(13)19/h7-8,12-14,19H,2-6,9-10H2,1H3/t13-,14+/m0/s1. The molecular formula is C15H23N3O. The molecule has 19 heavy (non-hydrogen) atoms. The van der Waals surface area contributed by atoms with Crippen LogP contribution in [0.3, 0.4) is 0 Å². The monoisotopic (exact) mass is 261 g/mol. The SMILES string of the molecule is Cc1nccnc1C1CCN([C@H]2CCC[C@H]2O)CC1. The van der Waals surface area contributed by atoms with Gasteiger partial charge in [-0.3, -0.25) is 14.9 Å². The van der Waals surface area contributed by atoms with Gasteiger partial charge < -0.3 is 5.11 Å². The highest BCUT2D eigenvalue weighted by Gasteiger charge is 2.33. The first kappa shape index (κ1) is 13.0. The van der Waals surface area contributed by atoms with Crippen molar-refractivity contribution in [2.45, 2.75) is 57.1 Å². The van der Waals surface area contributed by atoms with Crippen LogP contribution in [0.1, 0.15) is 49.4 Å². The van der Waals surface area contributed by atoms with Gasteiger partial charge in [0.25, 0.3) is 0 Å². The van der Waals surface area contributed by atoms with Crippen LogP contribution in [0.25, 0.3) is 0 Å². The zero-order valence-electron chi connectivity index (χ0n) is 11.6. The molecule has 1 aliphatic carbocycles. The maximum absolute atomic E-state index is 10.0. The predicted molar refractivity (Wildman–Crippen MR) is 74.0 cm³/mol. The summed E-state index contributed by atoms with van der Waals surface area (Å²) < 4.78 is 0. The van der Waals surface area contributed by atoms with Crippen LogP contribution >= 0.6 is 0 Å². The molecule has 2 fully saturated rings. The Morgan fingerprint density at radius 1 is 1.11 bits per heavy atom. The first-order valence-corrected chi connectivity index (χ1v) is 7.45. The maximum Gasteiger partial charge on any atom is 0.0695 e. The molecule has 1 N–H and O–H groups in total. The summed E-state index contributed by atoms with van der Waals surface area (Å²) in [7, 11) is 0. The number of hydrogen-bond donors (Lipinski definition) is 1. The van der Waals surface area contributed by atoms with Gasteiger partial charge in [-0.15, -0.1) is 0 Å². The van der Waals surface area contributed by atoms with Gasteiger partial charge in [-0.2, -0.15) is 0 Å². The number of piperidine rings is 1. The van der Waals surface area contributed by atoms with Gasteiger partial charge >= 0.3 is 0 Å². The van der Waals surface area contributed by atoms with Gasteiger partial charge in [-0.25, -0.2) is 0 Å². The predicted octanol–water partition coefficient (Wildman–Crippen LogP) is 1.88. The van der Waals surface area contributed by atoms with E-state index in [0.717, 1.165) is 44.5 Å². The van der Waals surface area contributed by atoms with Crippen molar-refractivity contribution < 1.29 is 5.11 Å². The fourth-order valence-corrected chi connectivity index (χ4v) is 3.67. The summed E-state index contributed by atoms with van der Waals surface area (Å²) in [5.74, 6) is 0.545. The highest BCUT2D eigenvalue weighted by atomic mass is 16.3. The molecule has 1 aromatic heterocycles. The van der Waals surface area contributed by atoms with Gasteiger partial charge in [0, 0.05) is 24.4 Å². The number of nitrogens with zero attached hydrogens (tertiary/aromatic N) is 3. The maximum atomic E-state index is 10.0. The second-order valence-corrected chi connectivity index (χ2v) is 5.90. The summed E-state index contributed by atoms with van der Waals surface area (Å²) in [6, 6.07) is 0.406. The number of rotatable bonds is 2. The van der Waals surface area contributed by atoms with E-state index in [0.29, 0.717) is 12.0 Å². The lowest BCUT2D eigenvalue weighted by Gasteiger charge is -2.37. The quantitative estimate of drug-likeness (QED) is 0.883. The summed E-state index contributed by atoms with van der Waals surface area (Å²) in [4.78, 5) is 11.3. The summed E-state index contributed by atoms with van der Waals surface area (Å²) in [6.07, 6.45) is 9.07. The van der Waals surface area contributed by atoms with E-state index in [-0.39, 0.29) is 6.10 Å². The molecule has 2 atom stereocenters. The van der Waals surface area contributed by atoms with Crippen molar-refractivity contribution in [3.63, 3.8) is 0 Å². The molecule has 3 rings (SSSR count). The summed E-state index contributed by atoms with van der Waals surface area (Å²) in [5.41, 5.74) is 2.25. The van der Waals surface area contributed by atoms with Crippen LogP contribution in [0.2, 0.25) is 0 Å². The second-order valence-electron chi connectivity index (χ2n) is 5.90. The molecule has 1 aliphatic heterocycles. The van der Waals surface area contributed by atoms with Gasteiger partial charge in [0.2, 0.25) is 0 Å². The summed E-state index contributed by atoms with van der Waals surface area (Å²) in [6.45, 7) is 4.22. The number of aliphatic hydroxyl groups is 1. The van der Waals surface area contributed by atoms with E-state index < -0.39 is 0 Å². The first-order chi connectivity index (χ1) is 9.25. The Morgan fingerprint density at radius 2 is 1.84 bits per heavy atom. The smallest absolute Gasteiger partial charge is 0.0695 e. The summed E-state index contributed by atoms with van der Waals surface area (Å²) >= 11 is 0. The number of aliphatic hydroxyl groups excluding tert-OH is 1. The van der Waals surface area contributed by atoms with Crippen molar-refractivity contribution in [2.24, 2.45) is 0 Å². The van der Waals surface area contributed by atoms with E-state index in [1.54, 1.807) is 12.4 Å². The van der Waals surface area contributed by atoms with E-state index in [9.17, 15) is 5.11 Å². The van der Waals surface area contributed by atoms with Gasteiger partial charge in [0.05, 0.1) is 17.5 Å². The summed E-state index contributed by atoms with van der Waals surface area (Å²) in [5, 5.41) is 10.0. The van der Waals surface area contributed by atoms with Crippen LogP contribution in [0, 0.1) is 6.92 Å². The Balaban J connectivity index is 1.62. The van der Waals surface area contributed by atoms with E-state index in [4.69, 9.17) is 0 Å². The minimum absolute atomic E-state index is 0.102. The molecule has 0 unspecified atom stereocenters. The minimum Gasteiger partial charge on any atom is -0.391 e. The molecule has 1 saturated heterocycles. The lowest BCUT2D eigenvalue weighted by atomic mass is 9.91. The third-order valence-corrected chi connectivity index (χ3v) is 4.75. The van der Waals surface area contributed by atoms with E-state index in [1.807, 2.05) is 0 Å². The Kier molecular flexibility index (Phi) is 3.80. The molecule has 0 spiro atoms. The van der Waals surface area contributed by atoms with Crippen LogP contribution < -0.4 is 0 Å². The molecule has 1 saturated carbocycles. The fourth-order valence-electron chi connectivity index (χ4n) is 3.67. The molecule has 0 amide bonds. The second kappa shape index (κ2) is 5.55. The molecule has 4 heteroatoms. The zero-order chi connectivity index (χ0) is 13.2. The van der Waals surface area contributed by atoms with Crippen LogP contribution in [-0.2, 0) is 0 Å². The van der Waals surface area contributed by atoms with Gasteiger partial charge in [0.1, 0.15) is 0 Å². The molecule has 4 nitrogen and oxygen atoms in total. The number of likely N-dealkylation sites (tertiary alicyclic amines) is 1. The third-order valence-electron chi connectivity index (χ3n) is 4.75. The van der Waals surface area contributed by atoms with Crippen molar-refractivity contribution in [3.8, 4) is 0 Å². The van der Waals surface area contributed by atoms with Crippen molar-refractivity contribution in [1.29, 1.82) is 0 Å². The van der Waals surface area contributed by atoms with Crippen LogP contribution in [0.4, 0.5) is 0 Å². The molecule has 0 radical (unpaired) electrons. The normalized spacial score (nSPS) is 29.8. The number of aryl methyl sites for hydroxylation is 1. The number of aromatic nitrogens is 2. The van der Waals surface area contributed by atoms with Crippen molar-refractivity contribution in [1.82, 2.24) is 14.9 Å². The van der Waals surface area contributed by atoms with Gasteiger partial charge in [-0.05, 0) is 52.1 Å². The van der Waals surface area contributed by atoms with Crippen LogP contribution in [-0.4, -0.2) is 45.2 Å². The highest BCUT2D eigenvalue weighted by Crippen LogP contribution is 2.32. The Labute approximate surface area is 114 Å². The van der Waals surface area contributed by atoms with E-state index in [2.05, 4.69) is 21.8 Å². The average Bonchev–Trinajstić information content (AvgIpc) is 2.86. The third kappa shape index (κ3) is 2.65. The van der Waals surface area contributed by atoms with Gasteiger partial charge in [0.15, 0.2) is 0 Å². The van der Waals surface area contributed by atoms with Gasteiger partial charge in [-0.1, -0.05) is 0 Å². The van der Waals surface area contributed by atoms with Crippen molar-refractivity contribution in [2.75, 3.05) is 13.1 Å². The van der Waals surface area contributed by atoms with Crippen molar-refractivity contribution in [3.05, 3.63) is 23.8 Å². The Bertz CT molecular complexity index is 429. The molecule has 0 aromatic carbocycles. The topological polar surface area (TPSA) is 49.2 Å². The van der Waals surface area contributed by atoms with Crippen LogP contribution in [0.15, 0.2) is 12.4 Å². The Morgan fingerprint density at radius 3 is 2.47 bits per heavy atom. The molecule has 2 aliphatic rings. The van der Waals surface area contributed by atoms with E-state index >= 15 is 0 Å². The van der Waals surface area contributed by atoms with Crippen molar-refractivity contribution >= 4 is 0 Å². The fraction of sp³-hybridized carbons (Fsp3) is 0.733. The molecule has 104 valence electrons. The zero-order valence-corrected chi connectivity index (χ0v) is 11.6. The highest BCUT2D eigenvalue weighted by molar-refractivity contribution is 5.15. The minimum atomic E-state index is -0.102. The molecular weight excluding hydrogens is 238 g/mol. The Hall–Kier alpha value is -1.00. The number of hydrogen-bond acceptors (Lipinski definition) is 4. The largest absolute Gasteiger partial charge is 0.391 e. The lowest BCUT2D eigenvalue weighted by Crippen LogP contribution is -2.44. The molecule has 0 bridgehead atoms. The average molecular weight is 261 g/mol. The molecule has 1 aromatic rings.